The molecule has 0 unspecified atom stereocenters. The summed E-state index contributed by atoms with van der Waals surface area (Å²) in [6.45, 7) is 9.47. The molecule has 1 rings (SSSR count). The molecule has 2 nitrogen and oxygen atoms in total. The Bertz CT molecular complexity index is 444. The molecule has 0 saturated carbocycles. The van der Waals surface area contributed by atoms with Crippen molar-refractivity contribution >= 4 is 0 Å². The third-order valence-corrected chi connectivity index (χ3v) is 8.57. The molecule has 0 bridgehead atoms. The van der Waals surface area contributed by atoms with Crippen LogP contribution in [0, 0.1) is 0 Å². The van der Waals surface area contributed by atoms with Gasteiger partial charge in [-0.05, 0) is 25.7 Å². The van der Waals surface area contributed by atoms with Crippen LogP contribution in [0.4, 0.5) is 0 Å². The van der Waals surface area contributed by atoms with Gasteiger partial charge in [0.25, 0.3) is 0 Å². The SMILES string of the molecule is CCCCCCCCCCCCC1N(CCCCCCCCCC)C=CN1CCCCCCCCCC. The molecule has 1 heterocycles. The van der Waals surface area contributed by atoms with Gasteiger partial charge in [0.2, 0.25) is 0 Å². The normalized spacial score (nSPS) is 13.9. The van der Waals surface area contributed by atoms with Crippen molar-refractivity contribution in [2.75, 3.05) is 13.1 Å². The predicted molar refractivity (Wildman–Crippen MR) is 168 cm³/mol. The minimum absolute atomic E-state index is 0.642. The molecule has 0 atom stereocenters. The lowest BCUT2D eigenvalue weighted by Gasteiger charge is -2.33. The van der Waals surface area contributed by atoms with Gasteiger partial charge in [0, 0.05) is 25.5 Å². The van der Waals surface area contributed by atoms with Gasteiger partial charge >= 0.3 is 0 Å². The summed E-state index contributed by atoms with van der Waals surface area (Å²) in [4.78, 5) is 5.41. The van der Waals surface area contributed by atoms with Crippen molar-refractivity contribution in [3.05, 3.63) is 12.4 Å². The second-order valence-electron chi connectivity index (χ2n) is 12.2. The third-order valence-electron chi connectivity index (χ3n) is 8.57. The Morgan fingerprint density at radius 3 is 0.946 bits per heavy atom. The number of unbranched alkanes of at least 4 members (excludes halogenated alkanes) is 23. The summed E-state index contributed by atoms with van der Waals surface area (Å²) in [5, 5.41) is 0. The summed E-state index contributed by atoms with van der Waals surface area (Å²) in [5.74, 6) is 0. The van der Waals surface area contributed by atoms with Gasteiger partial charge in [-0.3, -0.25) is 0 Å². The first-order chi connectivity index (χ1) is 18.3. The van der Waals surface area contributed by atoms with E-state index in [0.717, 1.165) is 0 Å². The topological polar surface area (TPSA) is 6.48 Å². The molecule has 0 fully saturated rings. The number of hydrogen-bond donors (Lipinski definition) is 0. The highest BCUT2D eigenvalue weighted by Gasteiger charge is 2.24. The van der Waals surface area contributed by atoms with Crippen molar-refractivity contribution in [3.8, 4) is 0 Å². The molecule has 1 aliphatic heterocycles. The molecule has 0 aromatic carbocycles. The van der Waals surface area contributed by atoms with E-state index in [1.54, 1.807) is 0 Å². The van der Waals surface area contributed by atoms with Crippen LogP contribution in [0.15, 0.2) is 12.4 Å². The van der Waals surface area contributed by atoms with Gasteiger partial charge in [-0.15, -0.1) is 0 Å². The van der Waals surface area contributed by atoms with E-state index in [-0.39, 0.29) is 0 Å². The zero-order valence-corrected chi connectivity index (χ0v) is 26.1. The van der Waals surface area contributed by atoms with Gasteiger partial charge < -0.3 is 9.80 Å². The quantitative estimate of drug-likeness (QED) is 0.0908. The maximum absolute atomic E-state index is 2.70. The third kappa shape index (κ3) is 20.0. The second kappa shape index (κ2) is 26.9. The molecule has 0 N–H and O–H groups in total. The summed E-state index contributed by atoms with van der Waals surface area (Å²) in [7, 11) is 0. The van der Waals surface area contributed by atoms with Crippen LogP contribution in [0.3, 0.4) is 0 Å². The van der Waals surface area contributed by atoms with Crippen molar-refractivity contribution in [3.63, 3.8) is 0 Å². The molecule has 220 valence electrons. The molecule has 0 aromatic rings. The minimum atomic E-state index is 0.642. The zero-order valence-electron chi connectivity index (χ0n) is 26.1. The number of hydrogen-bond acceptors (Lipinski definition) is 2. The van der Waals surface area contributed by atoms with Crippen molar-refractivity contribution in [1.82, 2.24) is 9.80 Å². The van der Waals surface area contributed by atoms with Crippen LogP contribution in [0.5, 0.6) is 0 Å². The maximum Gasteiger partial charge on any atom is 0.101 e. The molecule has 0 aliphatic carbocycles. The smallest absolute Gasteiger partial charge is 0.101 e. The summed E-state index contributed by atoms with van der Waals surface area (Å²) in [5.41, 5.74) is 0. The fourth-order valence-electron chi connectivity index (χ4n) is 6.01. The van der Waals surface area contributed by atoms with E-state index >= 15 is 0 Å². The maximum atomic E-state index is 2.70. The van der Waals surface area contributed by atoms with Crippen LogP contribution in [0.25, 0.3) is 0 Å². The largest absolute Gasteiger partial charge is 0.356 e. The van der Waals surface area contributed by atoms with Gasteiger partial charge in [-0.1, -0.05) is 168 Å². The van der Waals surface area contributed by atoms with E-state index in [4.69, 9.17) is 0 Å². The van der Waals surface area contributed by atoms with Gasteiger partial charge in [-0.25, -0.2) is 0 Å². The van der Waals surface area contributed by atoms with Crippen LogP contribution in [-0.2, 0) is 0 Å². The van der Waals surface area contributed by atoms with E-state index < -0.39 is 0 Å². The van der Waals surface area contributed by atoms with Gasteiger partial charge in [-0.2, -0.15) is 0 Å². The highest BCUT2D eigenvalue weighted by atomic mass is 15.4. The number of nitrogens with zero attached hydrogens (tertiary/aromatic N) is 2. The van der Waals surface area contributed by atoms with Crippen molar-refractivity contribution in [1.29, 1.82) is 0 Å². The summed E-state index contributed by atoms with van der Waals surface area (Å²) >= 11 is 0. The molecule has 0 spiro atoms. The minimum Gasteiger partial charge on any atom is -0.356 e. The molecule has 1 aliphatic rings. The average Bonchev–Trinajstić information content (AvgIpc) is 3.29. The van der Waals surface area contributed by atoms with E-state index in [1.165, 1.54) is 186 Å². The van der Waals surface area contributed by atoms with E-state index in [0.29, 0.717) is 6.17 Å². The number of rotatable bonds is 29. The molecule has 2 heteroatoms. The Morgan fingerprint density at radius 2 is 0.622 bits per heavy atom. The lowest BCUT2D eigenvalue weighted by Crippen LogP contribution is -2.39. The molecule has 37 heavy (non-hydrogen) atoms. The van der Waals surface area contributed by atoms with Gasteiger partial charge in [0.05, 0.1) is 0 Å². The van der Waals surface area contributed by atoms with Crippen LogP contribution in [0.2, 0.25) is 0 Å². The van der Waals surface area contributed by atoms with Crippen LogP contribution in [0.1, 0.15) is 194 Å². The lowest BCUT2D eigenvalue weighted by molar-refractivity contribution is 0.135. The first-order valence-corrected chi connectivity index (χ1v) is 17.5. The molecule has 0 amide bonds. The Balaban J connectivity index is 2.26. The highest BCUT2D eigenvalue weighted by molar-refractivity contribution is 4.97. The molecule has 0 radical (unpaired) electrons. The monoisotopic (exact) mass is 519 g/mol. The van der Waals surface area contributed by atoms with Gasteiger partial charge in [0.1, 0.15) is 6.17 Å². The lowest BCUT2D eigenvalue weighted by atomic mass is 10.0. The first-order valence-electron chi connectivity index (χ1n) is 17.5. The van der Waals surface area contributed by atoms with Crippen LogP contribution in [-0.4, -0.2) is 29.1 Å². The molecular formula is C35H70N2. The van der Waals surface area contributed by atoms with E-state index in [1.807, 2.05) is 0 Å². The van der Waals surface area contributed by atoms with Gasteiger partial charge in [0.15, 0.2) is 0 Å². The highest BCUT2D eigenvalue weighted by Crippen LogP contribution is 2.24. The Morgan fingerprint density at radius 1 is 0.351 bits per heavy atom. The summed E-state index contributed by atoms with van der Waals surface area (Å²) in [6.07, 6.45) is 44.0. The van der Waals surface area contributed by atoms with Crippen molar-refractivity contribution < 1.29 is 0 Å². The summed E-state index contributed by atoms with van der Waals surface area (Å²) in [6, 6.07) is 0. The van der Waals surface area contributed by atoms with E-state index in [2.05, 4.69) is 43.0 Å². The average molecular weight is 519 g/mol. The second-order valence-corrected chi connectivity index (χ2v) is 12.2. The molecule has 0 aromatic heterocycles. The standard InChI is InChI=1S/C35H70N2/c1-4-7-10-13-16-19-20-21-24-27-30-35-36(31-28-25-22-17-14-11-8-5-2)33-34-37(35)32-29-26-23-18-15-12-9-6-3/h33-35H,4-32H2,1-3H3. The fraction of sp³-hybridized carbons (Fsp3) is 0.943. The van der Waals surface area contributed by atoms with Crippen molar-refractivity contribution in [2.24, 2.45) is 0 Å². The Labute approximate surface area is 235 Å². The van der Waals surface area contributed by atoms with Crippen LogP contribution < -0.4 is 0 Å². The Kier molecular flexibility index (Phi) is 25.0. The van der Waals surface area contributed by atoms with Crippen LogP contribution >= 0.6 is 0 Å². The fourth-order valence-corrected chi connectivity index (χ4v) is 6.01. The predicted octanol–water partition coefficient (Wildman–Crippen LogP) is 12.0. The van der Waals surface area contributed by atoms with Crippen molar-refractivity contribution in [2.45, 2.75) is 200 Å². The molecular weight excluding hydrogens is 448 g/mol. The zero-order chi connectivity index (χ0) is 26.7. The van der Waals surface area contributed by atoms with E-state index in [9.17, 15) is 0 Å². The molecule has 0 saturated heterocycles. The first kappa shape index (κ1) is 34.4. The summed E-state index contributed by atoms with van der Waals surface area (Å²) < 4.78 is 0. The Hall–Kier alpha value is -0.660.